The van der Waals surface area contributed by atoms with Crippen LogP contribution in [0.3, 0.4) is 0 Å². The van der Waals surface area contributed by atoms with Crippen molar-refractivity contribution in [1.29, 1.82) is 0 Å². The number of methoxy groups -OCH3 is 2. The second kappa shape index (κ2) is 7.27. The Bertz CT molecular complexity index is 974. The van der Waals surface area contributed by atoms with Crippen molar-refractivity contribution in [3.63, 3.8) is 0 Å². The highest BCUT2D eigenvalue weighted by Gasteiger charge is 2.57. The average Bonchev–Trinajstić information content (AvgIpc) is 3.09. The van der Waals surface area contributed by atoms with Gasteiger partial charge in [0.05, 0.1) is 14.2 Å². The number of esters is 1. The van der Waals surface area contributed by atoms with Gasteiger partial charge in [-0.15, -0.1) is 0 Å². The summed E-state index contributed by atoms with van der Waals surface area (Å²) in [6.45, 7) is 0. The molecular formula is C23H21NO4. The molecule has 1 aliphatic rings. The van der Waals surface area contributed by atoms with E-state index in [9.17, 15) is 4.79 Å². The zero-order valence-corrected chi connectivity index (χ0v) is 15.7. The van der Waals surface area contributed by atoms with Crippen LogP contribution < -0.4 is 14.8 Å². The van der Waals surface area contributed by atoms with Gasteiger partial charge in [0.1, 0.15) is 17.5 Å². The number of rotatable bonds is 5. The molecule has 2 atom stereocenters. The van der Waals surface area contributed by atoms with E-state index in [0.29, 0.717) is 17.1 Å². The van der Waals surface area contributed by atoms with Crippen molar-refractivity contribution in [2.75, 3.05) is 19.5 Å². The van der Waals surface area contributed by atoms with Crippen molar-refractivity contribution in [1.82, 2.24) is 0 Å². The minimum Gasteiger partial charge on any atom is -0.497 e. The van der Waals surface area contributed by atoms with Gasteiger partial charge >= 0.3 is 5.97 Å². The maximum absolute atomic E-state index is 13.1. The van der Waals surface area contributed by atoms with Gasteiger partial charge in [-0.3, -0.25) is 0 Å². The van der Waals surface area contributed by atoms with Gasteiger partial charge in [0.2, 0.25) is 0 Å². The number of fused-ring (bicyclic) bond motifs is 1. The molecule has 0 amide bonds. The molecule has 3 aromatic carbocycles. The van der Waals surface area contributed by atoms with E-state index < -0.39 is 17.6 Å². The highest BCUT2D eigenvalue weighted by Crippen LogP contribution is 2.52. The summed E-state index contributed by atoms with van der Waals surface area (Å²) >= 11 is 0. The first-order valence-electron chi connectivity index (χ1n) is 9.01. The Morgan fingerprint density at radius 1 is 0.964 bits per heavy atom. The SMILES string of the molecule is COC(=O)[C@@]1(c2ccccc2)Oc2ccc(OC)cc2[C@H]1Nc1ccccc1. The number of ether oxygens (including phenoxy) is 3. The van der Waals surface area contributed by atoms with Crippen molar-refractivity contribution in [3.8, 4) is 11.5 Å². The summed E-state index contributed by atoms with van der Waals surface area (Å²) in [4.78, 5) is 13.1. The van der Waals surface area contributed by atoms with Gasteiger partial charge in [0, 0.05) is 16.8 Å². The van der Waals surface area contributed by atoms with Crippen LogP contribution in [0.4, 0.5) is 5.69 Å². The first kappa shape index (κ1) is 17.9. The minimum absolute atomic E-state index is 0.470. The Hall–Kier alpha value is -3.47. The van der Waals surface area contributed by atoms with Gasteiger partial charge in [0.15, 0.2) is 0 Å². The fourth-order valence-electron chi connectivity index (χ4n) is 3.64. The number of carbonyl (C=O) groups excluding carboxylic acids is 1. The summed E-state index contributed by atoms with van der Waals surface area (Å²) < 4.78 is 16.9. The fraction of sp³-hybridized carbons (Fsp3) is 0.174. The second-order valence-corrected chi connectivity index (χ2v) is 6.54. The first-order chi connectivity index (χ1) is 13.7. The first-order valence-corrected chi connectivity index (χ1v) is 9.01. The summed E-state index contributed by atoms with van der Waals surface area (Å²) in [6.07, 6.45) is 0. The lowest BCUT2D eigenvalue weighted by molar-refractivity contribution is -0.160. The normalized spacial score (nSPS) is 20.0. The number of para-hydroxylation sites is 1. The van der Waals surface area contributed by atoms with E-state index in [1.165, 1.54) is 7.11 Å². The highest BCUT2D eigenvalue weighted by atomic mass is 16.6. The third-order valence-electron chi connectivity index (χ3n) is 4.98. The standard InChI is InChI=1S/C23H21NO4/c1-26-18-13-14-20-19(15-18)21(24-17-11-7-4-8-12-17)23(28-20,22(25)27-2)16-9-5-3-6-10-16/h3-15,21,24H,1-2H3/t21-,23+/m1/s1. The lowest BCUT2D eigenvalue weighted by Gasteiger charge is -2.33. The van der Waals surface area contributed by atoms with Crippen LogP contribution in [0.2, 0.25) is 0 Å². The highest BCUT2D eigenvalue weighted by molar-refractivity contribution is 5.86. The molecule has 0 saturated heterocycles. The molecule has 0 aromatic heterocycles. The summed E-state index contributed by atoms with van der Waals surface area (Å²) in [5.74, 6) is 0.835. The molecule has 0 unspecified atom stereocenters. The molecule has 0 fully saturated rings. The van der Waals surface area contributed by atoms with Crippen molar-refractivity contribution < 1.29 is 19.0 Å². The predicted octanol–water partition coefficient (Wildman–Crippen LogP) is 4.31. The maximum Gasteiger partial charge on any atom is 0.357 e. The van der Waals surface area contributed by atoms with Gasteiger partial charge in [0.25, 0.3) is 5.60 Å². The van der Waals surface area contributed by atoms with Crippen molar-refractivity contribution >= 4 is 11.7 Å². The summed E-state index contributed by atoms with van der Waals surface area (Å²) in [5, 5.41) is 3.47. The number of hydrogen-bond acceptors (Lipinski definition) is 5. The number of carbonyl (C=O) groups is 1. The predicted molar refractivity (Wildman–Crippen MR) is 107 cm³/mol. The molecule has 0 saturated carbocycles. The van der Waals surface area contributed by atoms with Gasteiger partial charge in [-0.25, -0.2) is 4.79 Å². The van der Waals surface area contributed by atoms with E-state index >= 15 is 0 Å². The molecule has 1 aliphatic heterocycles. The second-order valence-electron chi connectivity index (χ2n) is 6.54. The van der Waals surface area contributed by atoms with Gasteiger partial charge in [-0.2, -0.15) is 0 Å². The maximum atomic E-state index is 13.1. The third kappa shape index (κ3) is 2.85. The zero-order chi connectivity index (χ0) is 19.6. The molecule has 0 bridgehead atoms. The van der Waals surface area contributed by atoms with Crippen LogP contribution in [0.1, 0.15) is 17.2 Å². The number of anilines is 1. The topological polar surface area (TPSA) is 56.8 Å². The van der Waals surface area contributed by atoms with Gasteiger partial charge in [-0.05, 0) is 30.3 Å². The molecule has 5 nitrogen and oxygen atoms in total. The van der Waals surface area contributed by atoms with E-state index in [4.69, 9.17) is 14.2 Å². The van der Waals surface area contributed by atoms with E-state index in [0.717, 1.165) is 11.3 Å². The van der Waals surface area contributed by atoms with Gasteiger partial charge in [-0.1, -0.05) is 48.5 Å². The van der Waals surface area contributed by atoms with Crippen LogP contribution in [0.15, 0.2) is 78.9 Å². The molecule has 5 heteroatoms. The van der Waals surface area contributed by atoms with E-state index in [-0.39, 0.29) is 0 Å². The monoisotopic (exact) mass is 375 g/mol. The molecule has 28 heavy (non-hydrogen) atoms. The Labute approximate surface area is 163 Å². The number of nitrogens with one attached hydrogen (secondary N) is 1. The van der Waals surface area contributed by atoms with E-state index in [2.05, 4.69) is 5.32 Å². The molecule has 1 heterocycles. The molecule has 0 spiro atoms. The van der Waals surface area contributed by atoms with Crippen LogP contribution >= 0.6 is 0 Å². The van der Waals surface area contributed by atoms with E-state index in [1.807, 2.05) is 78.9 Å². The largest absolute Gasteiger partial charge is 0.497 e. The number of hydrogen-bond donors (Lipinski definition) is 1. The Balaban J connectivity index is 1.91. The smallest absolute Gasteiger partial charge is 0.357 e. The molecular weight excluding hydrogens is 354 g/mol. The number of benzene rings is 3. The quantitative estimate of drug-likeness (QED) is 0.674. The van der Waals surface area contributed by atoms with Crippen LogP contribution in [0.5, 0.6) is 11.5 Å². The summed E-state index contributed by atoms with van der Waals surface area (Å²) in [5.41, 5.74) is 1.06. The lowest BCUT2D eigenvalue weighted by atomic mass is 9.84. The average molecular weight is 375 g/mol. The van der Waals surface area contributed by atoms with Gasteiger partial charge < -0.3 is 19.5 Å². The molecule has 142 valence electrons. The lowest BCUT2D eigenvalue weighted by Crippen LogP contribution is -2.46. The van der Waals surface area contributed by atoms with Crippen molar-refractivity contribution in [2.45, 2.75) is 11.6 Å². The molecule has 0 radical (unpaired) electrons. The van der Waals surface area contributed by atoms with Crippen molar-refractivity contribution in [3.05, 3.63) is 90.0 Å². The Kier molecular flexibility index (Phi) is 4.65. The van der Waals surface area contributed by atoms with Crippen LogP contribution in [-0.2, 0) is 15.1 Å². The molecule has 3 aromatic rings. The molecule has 0 aliphatic carbocycles. The van der Waals surface area contributed by atoms with E-state index in [1.54, 1.807) is 7.11 Å². The third-order valence-corrected chi connectivity index (χ3v) is 4.98. The minimum atomic E-state index is -1.36. The Morgan fingerprint density at radius 2 is 1.64 bits per heavy atom. The van der Waals surface area contributed by atoms with Crippen LogP contribution in [0, 0.1) is 0 Å². The molecule has 1 N–H and O–H groups in total. The zero-order valence-electron chi connectivity index (χ0n) is 15.7. The van der Waals surface area contributed by atoms with Crippen LogP contribution in [-0.4, -0.2) is 20.2 Å². The Morgan fingerprint density at radius 3 is 2.29 bits per heavy atom. The fourth-order valence-corrected chi connectivity index (χ4v) is 3.64. The van der Waals surface area contributed by atoms with Crippen molar-refractivity contribution in [2.24, 2.45) is 0 Å². The summed E-state index contributed by atoms with van der Waals surface area (Å²) in [7, 11) is 2.99. The summed E-state index contributed by atoms with van der Waals surface area (Å²) in [6, 6.07) is 24.2. The molecule has 4 rings (SSSR count). The van der Waals surface area contributed by atoms with Crippen LogP contribution in [0.25, 0.3) is 0 Å².